The van der Waals surface area contributed by atoms with Gasteiger partial charge in [-0.05, 0) is 37.5 Å². The lowest BCUT2D eigenvalue weighted by atomic mass is 10.0. The summed E-state index contributed by atoms with van der Waals surface area (Å²) in [5.41, 5.74) is 4.57. The standard InChI is InChI=1S/C19H21BrN4O2/c1-4-7-15-17(19(25)26-6-3)21-22-18-16(14(5-2)23-24(15)18)12-8-10-13(20)11-9-12/h8-11H,4-7H2,1-3H3. The van der Waals surface area contributed by atoms with Crippen LogP contribution in [0, 0.1) is 0 Å². The van der Waals surface area contributed by atoms with E-state index in [1.54, 1.807) is 11.4 Å². The summed E-state index contributed by atoms with van der Waals surface area (Å²) in [6, 6.07) is 8.04. The third-order valence-electron chi connectivity index (χ3n) is 4.13. The molecule has 0 N–H and O–H groups in total. The quantitative estimate of drug-likeness (QED) is 0.561. The lowest BCUT2D eigenvalue weighted by Gasteiger charge is -2.08. The first-order valence-corrected chi connectivity index (χ1v) is 9.60. The van der Waals surface area contributed by atoms with Gasteiger partial charge in [-0.15, -0.1) is 10.2 Å². The highest BCUT2D eigenvalue weighted by molar-refractivity contribution is 9.10. The van der Waals surface area contributed by atoms with E-state index in [-0.39, 0.29) is 5.69 Å². The van der Waals surface area contributed by atoms with Gasteiger partial charge in [-0.2, -0.15) is 5.10 Å². The zero-order chi connectivity index (χ0) is 18.7. The van der Waals surface area contributed by atoms with E-state index in [2.05, 4.69) is 40.0 Å². The Morgan fingerprint density at radius 2 is 1.88 bits per heavy atom. The number of hydrogen-bond acceptors (Lipinski definition) is 5. The van der Waals surface area contributed by atoms with Crippen LogP contribution in [0.4, 0.5) is 0 Å². The zero-order valence-corrected chi connectivity index (χ0v) is 16.7. The number of halogens is 1. The molecule has 7 heteroatoms. The maximum atomic E-state index is 12.3. The number of aromatic nitrogens is 4. The molecule has 0 bridgehead atoms. The van der Waals surface area contributed by atoms with E-state index in [0.717, 1.165) is 39.8 Å². The largest absolute Gasteiger partial charge is 0.461 e. The lowest BCUT2D eigenvalue weighted by molar-refractivity contribution is 0.0515. The van der Waals surface area contributed by atoms with E-state index in [9.17, 15) is 4.79 Å². The van der Waals surface area contributed by atoms with Crippen molar-refractivity contribution < 1.29 is 9.53 Å². The minimum atomic E-state index is -0.455. The van der Waals surface area contributed by atoms with E-state index >= 15 is 0 Å². The van der Waals surface area contributed by atoms with E-state index in [1.165, 1.54) is 0 Å². The van der Waals surface area contributed by atoms with Crippen molar-refractivity contribution >= 4 is 27.5 Å². The number of carbonyl (C=O) groups is 1. The Hall–Kier alpha value is -2.28. The molecule has 0 radical (unpaired) electrons. The number of carbonyl (C=O) groups excluding carboxylic acids is 1. The molecular formula is C19H21BrN4O2. The normalized spacial score (nSPS) is 11.1. The average Bonchev–Trinajstić information content (AvgIpc) is 3.02. The molecule has 0 aliphatic heterocycles. The minimum absolute atomic E-state index is 0.244. The van der Waals surface area contributed by atoms with Crippen LogP contribution in [0.5, 0.6) is 0 Å². The number of nitrogens with zero attached hydrogens (tertiary/aromatic N) is 4. The highest BCUT2D eigenvalue weighted by Crippen LogP contribution is 2.30. The fourth-order valence-corrected chi connectivity index (χ4v) is 3.23. The second-order valence-corrected chi connectivity index (χ2v) is 6.80. The van der Waals surface area contributed by atoms with Crippen molar-refractivity contribution in [2.45, 2.75) is 40.0 Å². The number of esters is 1. The summed E-state index contributed by atoms with van der Waals surface area (Å²) in [7, 11) is 0. The molecule has 0 spiro atoms. The van der Waals surface area contributed by atoms with E-state index in [0.29, 0.717) is 18.7 Å². The fourth-order valence-electron chi connectivity index (χ4n) is 2.97. The molecule has 0 saturated heterocycles. The third-order valence-corrected chi connectivity index (χ3v) is 4.66. The molecule has 136 valence electrons. The summed E-state index contributed by atoms with van der Waals surface area (Å²) >= 11 is 3.47. The zero-order valence-electron chi connectivity index (χ0n) is 15.1. The SMILES string of the molecule is CCCc1c(C(=O)OCC)nnc2c(-c3ccc(Br)cc3)c(CC)nn12. The fraction of sp³-hybridized carbons (Fsp3) is 0.368. The monoisotopic (exact) mass is 416 g/mol. The van der Waals surface area contributed by atoms with Crippen LogP contribution in [0.1, 0.15) is 49.1 Å². The van der Waals surface area contributed by atoms with Gasteiger partial charge in [-0.25, -0.2) is 9.31 Å². The van der Waals surface area contributed by atoms with Crippen molar-refractivity contribution in [2.24, 2.45) is 0 Å². The Balaban J connectivity index is 2.26. The predicted octanol–water partition coefficient (Wildman–Crippen LogP) is 4.25. The Morgan fingerprint density at radius 3 is 2.50 bits per heavy atom. The van der Waals surface area contributed by atoms with Crippen molar-refractivity contribution in [1.82, 2.24) is 19.8 Å². The Morgan fingerprint density at radius 1 is 1.15 bits per heavy atom. The molecule has 0 atom stereocenters. The van der Waals surface area contributed by atoms with Crippen molar-refractivity contribution in [3.63, 3.8) is 0 Å². The molecule has 0 aliphatic rings. The summed E-state index contributed by atoms with van der Waals surface area (Å²) in [5, 5.41) is 13.3. The first-order chi connectivity index (χ1) is 12.6. The maximum absolute atomic E-state index is 12.3. The first kappa shape index (κ1) is 18.5. The second kappa shape index (κ2) is 7.95. The van der Waals surface area contributed by atoms with Crippen LogP contribution in [0.2, 0.25) is 0 Å². The van der Waals surface area contributed by atoms with Crippen LogP contribution in [0.25, 0.3) is 16.8 Å². The van der Waals surface area contributed by atoms with Gasteiger partial charge < -0.3 is 4.74 Å². The van der Waals surface area contributed by atoms with Gasteiger partial charge in [-0.1, -0.05) is 48.3 Å². The summed E-state index contributed by atoms with van der Waals surface area (Å²) in [4.78, 5) is 12.3. The first-order valence-electron chi connectivity index (χ1n) is 8.80. The Labute approximate surface area is 160 Å². The van der Waals surface area contributed by atoms with Crippen LogP contribution in [-0.4, -0.2) is 32.4 Å². The maximum Gasteiger partial charge on any atom is 0.360 e. The molecule has 0 aliphatic carbocycles. The summed E-state index contributed by atoms with van der Waals surface area (Å²) < 4.78 is 7.91. The number of fused-ring (bicyclic) bond motifs is 1. The highest BCUT2D eigenvalue weighted by atomic mass is 79.9. The van der Waals surface area contributed by atoms with Crippen LogP contribution in [-0.2, 0) is 17.6 Å². The van der Waals surface area contributed by atoms with Gasteiger partial charge in [-0.3, -0.25) is 0 Å². The molecule has 0 fully saturated rings. The number of ether oxygens (including phenoxy) is 1. The van der Waals surface area contributed by atoms with Crippen molar-refractivity contribution in [2.75, 3.05) is 6.61 Å². The summed E-state index contributed by atoms with van der Waals surface area (Å²) in [6.45, 7) is 6.19. The third kappa shape index (κ3) is 3.35. The van der Waals surface area contributed by atoms with E-state index < -0.39 is 5.97 Å². The van der Waals surface area contributed by atoms with Crippen LogP contribution >= 0.6 is 15.9 Å². The van der Waals surface area contributed by atoms with Gasteiger partial charge in [0.05, 0.1) is 23.6 Å². The average molecular weight is 417 g/mol. The number of rotatable bonds is 6. The summed E-state index contributed by atoms with van der Waals surface area (Å²) in [6.07, 6.45) is 2.29. The molecular weight excluding hydrogens is 396 g/mol. The van der Waals surface area contributed by atoms with Crippen molar-refractivity contribution in [1.29, 1.82) is 0 Å². The number of hydrogen-bond donors (Lipinski definition) is 0. The molecule has 0 amide bonds. The molecule has 2 aromatic heterocycles. The van der Waals surface area contributed by atoms with E-state index in [1.807, 2.05) is 24.3 Å². The molecule has 2 heterocycles. The Kier molecular flexibility index (Phi) is 5.66. The lowest BCUT2D eigenvalue weighted by Crippen LogP contribution is -2.16. The van der Waals surface area contributed by atoms with Crippen LogP contribution < -0.4 is 0 Å². The van der Waals surface area contributed by atoms with Gasteiger partial charge in [0.1, 0.15) is 0 Å². The molecule has 0 saturated carbocycles. The van der Waals surface area contributed by atoms with Gasteiger partial charge in [0.25, 0.3) is 0 Å². The highest BCUT2D eigenvalue weighted by Gasteiger charge is 2.23. The molecule has 3 rings (SSSR count). The number of benzene rings is 1. The van der Waals surface area contributed by atoms with Crippen LogP contribution in [0.3, 0.4) is 0 Å². The van der Waals surface area contributed by atoms with Gasteiger partial charge in [0.2, 0.25) is 0 Å². The second-order valence-electron chi connectivity index (χ2n) is 5.88. The number of aryl methyl sites for hydroxylation is 2. The van der Waals surface area contributed by atoms with Gasteiger partial charge in [0.15, 0.2) is 11.3 Å². The smallest absolute Gasteiger partial charge is 0.360 e. The van der Waals surface area contributed by atoms with Crippen molar-refractivity contribution in [3.8, 4) is 11.1 Å². The predicted molar refractivity (Wildman–Crippen MR) is 103 cm³/mol. The van der Waals surface area contributed by atoms with Gasteiger partial charge in [0, 0.05) is 4.47 Å². The van der Waals surface area contributed by atoms with Crippen LogP contribution in [0.15, 0.2) is 28.7 Å². The molecule has 0 unspecified atom stereocenters. The molecule has 6 nitrogen and oxygen atoms in total. The molecule has 1 aromatic carbocycles. The molecule has 26 heavy (non-hydrogen) atoms. The van der Waals surface area contributed by atoms with E-state index in [4.69, 9.17) is 9.84 Å². The summed E-state index contributed by atoms with van der Waals surface area (Å²) in [5.74, 6) is -0.455. The minimum Gasteiger partial charge on any atom is -0.461 e. The van der Waals surface area contributed by atoms with Crippen molar-refractivity contribution in [3.05, 3.63) is 45.8 Å². The van der Waals surface area contributed by atoms with Gasteiger partial charge >= 0.3 is 5.97 Å². The topological polar surface area (TPSA) is 69.4 Å². The molecule has 3 aromatic rings. The Bertz CT molecular complexity index is 935.